The number of aromatic nitrogens is 4. The number of aryl methyl sites for hydroxylation is 2. The summed E-state index contributed by atoms with van der Waals surface area (Å²) in [7, 11) is 0. The first-order valence-electron chi connectivity index (χ1n) is 8.90. The number of hydrogen-bond acceptors (Lipinski definition) is 6. The Bertz CT molecular complexity index is 1020. The second-order valence-electron chi connectivity index (χ2n) is 6.99. The van der Waals surface area contributed by atoms with E-state index in [9.17, 15) is 0 Å². The summed E-state index contributed by atoms with van der Waals surface area (Å²) >= 11 is 7.56. The van der Waals surface area contributed by atoms with Gasteiger partial charge in [0, 0.05) is 10.6 Å². The zero-order valence-corrected chi connectivity index (χ0v) is 17.1. The van der Waals surface area contributed by atoms with Crippen LogP contribution in [0.25, 0.3) is 5.00 Å². The molecule has 3 heterocycles. The molecule has 0 aliphatic carbocycles. The second-order valence-corrected chi connectivity index (χ2v) is 8.18. The van der Waals surface area contributed by atoms with E-state index in [0.29, 0.717) is 11.6 Å². The Kier molecular flexibility index (Phi) is 4.61. The Morgan fingerprint density at radius 2 is 1.93 bits per heavy atom. The predicted molar refractivity (Wildman–Crippen MR) is 109 cm³/mol. The maximum Gasteiger partial charge on any atom is 0.166 e. The maximum absolute atomic E-state index is 6.11. The molecule has 1 aromatic carbocycles. The zero-order chi connectivity index (χ0) is 19.2. The van der Waals surface area contributed by atoms with Crippen LogP contribution in [-0.4, -0.2) is 31.4 Å². The molecule has 0 fully saturated rings. The van der Waals surface area contributed by atoms with Crippen molar-refractivity contribution in [1.82, 2.24) is 19.1 Å². The number of fused-ring (bicyclic) bond motifs is 3. The number of benzene rings is 1. The van der Waals surface area contributed by atoms with Crippen LogP contribution < -0.4 is 5.73 Å². The molecular weight excluding hydrogens is 380 g/mol. The fourth-order valence-electron chi connectivity index (χ4n) is 3.52. The lowest BCUT2D eigenvalue weighted by molar-refractivity contribution is 0.413. The molecule has 0 saturated carbocycles. The number of halogens is 1. The summed E-state index contributed by atoms with van der Waals surface area (Å²) < 4.78 is 6.70. The molecule has 2 N–H and O–H groups in total. The summed E-state index contributed by atoms with van der Waals surface area (Å²) in [6.45, 7) is 6.70. The van der Waals surface area contributed by atoms with Crippen molar-refractivity contribution in [3.8, 4) is 5.00 Å². The summed E-state index contributed by atoms with van der Waals surface area (Å²) in [6.07, 6.45) is 1.64. The van der Waals surface area contributed by atoms with Gasteiger partial charge in [0.15, 0.2) is 5.82 Å². The molecule has 0 amide bonds. The third kappa shape index (κ3) is 2.99. The Hall–Kier alpha value is -2.09. The predicted octanol–water partition coefficient (Wildman–Crippen LogP) is 3.80. The normalized spacial score (nSPS) is 18.6. The van der Waals surface area contributed by atoms with E-state index in [1.807, 2.05) is 38.1 Å². The van der Waals surface area contributed by atoms with Crippen LogP contribution in [0.5, 0.6) is 0 Å². The van der Waals surface area contributed by atoms with Gasteiger partial charge >= 0.3 is 0 Å². The third-order valence-electron chi connectivity index (χ3n) is 4.94. The first kappa shape index (κ1) is 18.3. The van der Waals surface area contributed by atoms with Crippen molar-refractivity contribution in [2.24, 2.45) is 10.7 Å². The van der Waals surface area contributed by atoms with Crippen LogP contribution in [0.4, 0.5) is 0 Å². The fraction of sp³-hybridized carbons (Fsp3) is 0.368. The van der Waals surface area contributed by atoms with Crippen LogP contribution in [0.3, 0.4) is 0 Å². The standard InChI is InChI=1S/C19H21ClN6S/c1-11-15-16(13-5-7-14(20)8-6-13)22-19(3,9-4-10-21)18-24-23-12(2)26(18)17(15)27-25-11/h5-8H,4,9-10,21H2,1-3H3. The highest BCUT2D eigenvalue weighted by Gasteiger charge is 2.38. The summed E-state index contributed by atoms with van der Waals surface area (Å²) in [4.78, 5) is 5.24. The van der Waals surface area contributed by atoms with Gasteiger partial charge in [-0.2, -0.15) is 4.37 Å². The van der Waals surface area contributed by atoms with Gasteiger partial charge in [0.05, 0.1) is 17.0 Å². The van der Waals surface area contributed by atoms with Gasteiger partial charge in [0.2, 0.25) is 0 Å². The van der Waals surface area contributed by atoms with Gasteiger partial charge < -0.3 is 5.73 Å². The van der Waals surface area contributed by atoms with Crippen molar-refractivity contribution in [2.75, 3.05) is 6.54 Å². The molecule has 27 heavy (non-hydrogen) atoms. The molecule has 1 unspecified atom stereocenters. The summed E-state index contributed by atoms with van der Waals surface area (Å²) in [5.74, 6) is 1.67. The van der Waals surface area contributed by atoms with Crippen LogP contribution in [0, 0.1) is 13.8 Å². The highest BCUT2D eigenvalue weighted by atomic mass is 35.5. The number of aliphatic imine (C=N–C) groups is 1. The molecular formula is C19H21ClN6S. The van der Waals surface area contributed by atoms with E-state index in [-0.39, 0.29) is 0 Å². The van der Waals surface area contributed by atoms with Crippen LogP contribution in [-0.2, 0) is 5.54 Å². The lowest BCUT2D eigenvalue weighted by atomic mass is 9.94. The molecule has 6 nitrogen and oxygen atoms in total. The van der Waals surface area contributed by atoms with E-state index in [1.54, 1.807) is 0 Å². The largest absolute Gasteiger partial charge is 0.330 e. The van der Waals surface area contributed by atoms with Crippen LogP contribution in [0.2, 0.25) is 5.02 Å². The van der Waals surface area contributed by atoms with Gasteiger partial charge in [-0.15, -0.1) is 10.2 Å². The summed E-state index contributed by atoms with van der Waals surface area (Å²) in [6, 6.07) is 7.79. The topological polar surface area (TPSA) is 82.0 Å². The monoisotopic (exact) mass is 400 g/mol. The van der Waals surface area contributed by atoms with Crippen LogP contribution in [0.1, 0.15) is 48.2 Å². The SMILES string of the molecule is Cc1nsc2c1C(c1ccc(Cl)cc1)=NC(C)(CCCN)c1nnc(C)n1-2. The van der Waals surface area contributed by atoms with Crippen molar-refractivity contribution in [1.29, 1.82) is 0 Å². The van der Waals surface area contributed by atoms with Crippen LogP contribution >= 0.6 is 23.1 Å². The molecule has 1 aliphatic heterocycles. The lowest BCUT2D eigenvalue weighted by Gasteiger charge is -2.24. The Morgan fingerprint density at radius 1 is 1.19 bits per heavy atom. The Morgan fingerprint density at radius 3 is 2.63 bits per heavy atom. The van der Waals surface area contributed by atoms with E-state index >= 15 is 0 Å². The van der Waals surface area contributed by atoms with Gasteiger partial charge in [0.25, 0.3) is 0 Å². The first-order chi connectivity index (χ1) is 12.9. The Labute approximate surface area is 167 Å². The quantitative estimate of drug-likeness (QED) is 0.722. The zero-order valence-electron chi connectivity index (χ0n) is 15.5. The van der Waals surface area contributed by atoms with E-state index in [4.69, 9.17) is 22.3 Å². The smallest absolute Gasteiger partial charge is 0.166 e. The molecule has 0 bridgehead atoms. The lowest BCUT2D eigenvalue weighted by Crippen LogP contribution is -2.25. The number of nitrogens with two attached hydrogens (primary N) is 1. The molecule has 1 aliphatic rings. The van der Waals surface area contributed by atoms with Crippen LogP contribution in [0.15, 0.2) is 29.3 Å². The Balaban J connectivity index is 2.02. The van der Waals surface area contributed by atoms with Gasteiger partial charge in [0.1, 0.15) is 16.4 Å². The van der Waals surface area contributed by atoms with Crippen molar-refractivity contribution >= 4 is 28.8 Å². The van der Waals surface area contributed by atoms with Gasteiger partial charge in [-0.25, -0.2) is 0 Å². The molecule has 140 valence electrons. The molecule has 0 radical (unpaired) electrons. The highest BCUT2D eigenvalue weighted by molar-refractivity contribution is 7.09. The number of hydrogen-bond donors (Lipinski definition) is 1. The summed E-state index contributed by atoms with van der Waals surface area (Å²) in [5.41, 5.74) is 9.19. The highest BCUT2D eigenvalue weighted by Crippen LogP contribution is 2.39. The van der Waals surface area contributed by atoms with Gasteiger partial charge in [-0.3, -0.25) is 9.56 Å². The average molecular weight is 401 g/mol. The van der Waals surface area contributed by atoms with Crippen molar-refractivity contribution in [2.45, 2.75) is 39.2 Å². The van der Waals surface area contributed by atoms with E-state index in [1.165, 1.54) is 11.5 Å². The molecule has 8 heteroatoms. The molecule has 0 saturated heterocycles. The van der Waals surface area contributed by atoms with Crippen molar-refractivity contribution in [3.05, 3.63) is 57.8 Å². The van der Waals surface area contributed by atoms with E-state index in [2.05, 4.69) is 26.1 Å². The van der Waals surface area contributed by atoms with Gasteiger partial charge in [-0.05, 0) is 63.8 Å². The minimum atomic E-state index is -0.527. The summed E-state index contributed by atoms with van der Waals surface area (Å²) in [5, 5.41) is 10.5. The number of rotatable bonds is 4. The molecule has 0 spiro atoms. The third-order valence-corrected chi connectivity index (χ3v) is 6.11. The first-order valence-corrected chi connectivity index (χ1v) is 10.0. The van der Waals surface area contributed by atoms with Crippen molar-refractivity contribution in [3.63, 3.8) is 0 Å². The van der Waals surface area contributed by atoms with E-state index < -0.39 is 5.54 Å². The number of nitrogens with zero attached hydrogens (tertiary/aromatic N) is 5. The average Bonchev–Trinajstić information content (AvgIpc) is 3.18. The van der Waals surface area contributed by atoms with Gasteiger partial charge in [-0.1, -0.05) is 23.7 Å². The molecule has 4 rings (SSSR count). The maximum atomic E-state index is 6.11. The van der Waals surface area contributed by atoms with Crippen molar-refractivity contribution < 1.29 is 0 Å². The molecule has 3 aromatic rings. The second kappa shape index (κ2) is 6.82. The minimum Gasteiger partial charge on any atom is -0.330 e. The molecule has 1 atom stereocenters. The molecule has 2 aromatic heterocycles. The van der Waals surface area contributed by atoms with E-state index in [0.717, 1.165) is 52.0 Å². The fourth-order valence-corrected chi connectivity index (χ4v) is 4.60. The minimum absolute atomic E-state index is 0.527.